The number of aliphatic hydroxyl groups excluding tert-OH is 2. The molecule has 2 aliphatic heterocycles. The van der Waals surface area contributed by atoms with E-state index in [1.807, 2.05) is 0 Å². The molecule has 2 bridgehead atoms. The molecule has 72 valence electrons. The quantitative estimate of drug-likeness (QED) is 0.588. The molecule has 4 nitrogen and oxygen atoms in total. The normalized spacial score (nSPS) is 43.2. The van der Waals surface area contributed by atoms with Crippen LogP contribution >= 0.6 is 15.9 Å². The van der Waals surface area contributed by atoms with Gasteiger partial charge in [0.1, 0.15) is 18.3 Å². The number of ether oxygens (including phenoxy) is 2. The zero-order valence-electron chi connectivity index (χ0n) is 6.68. The Kier molecular flexibility index (Phi) is 2.55. The van der Waals surface area contributed by atoms with Crippen LogP contribution in [-0.4, -0.2) is 41.4 Å². The zero-order chi connectivity index (χ0) is 9.42. The largest absolute Gasteiger partial charge is 0.385 e. The summed E-state index contributed by atoms with van der Waals surface area (Å²) in [5.41, 5.74) is 3.31. The Labute approximate surface area is 83.6 Å². The fourth-order valence-electron chi connectivity index (χ4n) is 1.53. The second-order valence-electron chi connectivity index (χ2n) is 2.97. The molecule has 13 heavy (non-hydrogen) atoms. The van der Waals surface area contributed by atoms with Crippen LogP contribution in [0.2, 0.25) is 0 Å². The van der Waals surface area contributed by atoms with Gasteiger partial charge in [0.2, 0.25) is 0 Å². The highest BCUT2D eigenvalue weighted by Crippen LogP contribution is 2.31. The van der Waals surface area contributed by atoms with Crippen molar-refractivity contribution in [3.63, 3.8) is 0 Å². The van der Waals surface area contributed by atoms with E-state index < -0.39 is 18.5 Å². The van der Waals surface area contributed by atoms with Gasteiger partial charge >= 0.3 is 0 Å². The second kappa shape index (κ2) is 3.53. The van der Waals surface area contributed by atoms with Crippen molar-refractivity contribution in [3.8, 4) is 0 Å². The molecule has 0 aromatic rings. The molecule has 0 aromatic carbocycles. The Morgan fingerprint density at radius 2 is 2.31 bits per heavy atom. The van der Waals surface area contributed by atoms with E-state index in [1.165, 1.54) is 4.99 Å². The first-order valence-corrected chi connectivity index (χ1v) is 4.84. The standard InChI is InChI=1S/C8H9BrO4/c9-2-1-4-5-3-12-8(13-5)7(11)6(4)10/h2,5-8,10-11H,3H2/t1?,5-,6+,7-,8-/m1/s1. The molecule has 0 saturated carbocycles. The van der Waals surface area contributed by atoms with Crippen LogP contribution in [-0.2, 0) is 9.47 Å². The molecule has 5 heteroatoms. The van der Waals surface area contributed by atoms with E-state index in [9.17, 15) is 10.2 Å². The molecule has 0 spiro atoms. The molecule has 0 amide bonds. The summed E-state index contributed by atoms with van der Waals surface area (Å²) in [5.74, 6) is 0. The predicted octanol–water partition coefficient (Wildman–Crippen LogP) is -0.103. The van der Waals surface area contributed by atoms with Gasteiger partial charge in [-0.05, 0) is 0 Å². The first-order valence-electron chi connectivity index (χ1n) is 3.92. The number of fused-ring (bicyclic) bond motifs is 2. The predicted molar refractivity (Wildman–Crippen MR) is 47.1 cm³/mol. The summed E-state index contributed by atoms with van der Waals surface area (Å²) in [6, 6.07) is 0. The molecule has 2 saturated heterocycles. The maximum Gasteiger partial charge on any atom is 0.187 e. The maximum absolute atomic E-state index is 9.60. The first-order chi connectivity index (χ1) is 6.24. The monoisotopic (exact) mass is 248 g/mol. The molecule has 4 atom stereocenters. The summed E-state index contributed by atoms with van der Waals surface area (Å²) in [6.45, 7) is 0.363. The van der Waals surface area contributed by atoms with Crippen LogP contribution in [0.1, 0.15) is 0 Å². The van der Waals surface area contributed by atoms with Crippen LogP contribution in [0.3, 0.4) is 0 Å². The van der Waals surface area contributed by atoms with Crippen LogP contribution in [0.5, 0.6) is 0 Å². The van der Waals surface area contributed by atoms with Gasteiger partial charge in [-0.15, -0.1) is 5.73 Å². The summed E-state index contributed by atoms with van der Waals surface area (Å²) in [5, 5.41) is 19.1. The lowest BCUT2D eigenvalue weighted by atomic mass is 9.99. The third-order valence-electron chi connectivity index (χ3n) is 2.20. The van der Waals surface area contributed by atoms with Crippen molar-refractivity contribution in [1.29, 1.82) is 0 Å². The van der Waals surface area contributed by atoms with Crippen molar-refractivity contribution in [3.05, 3.63) is 16.3 Å². The molecule has 2 rings (SSSR count). The van der Waals surface area contributed by atoms with Crippen molar-refractivity contribution in [2.45, 2.75) is 24.6 Å². The van der Waals surface area contributed by atoms with Crippen molar-refractivity contribution in [1.82, 2.24) is 0 Å². The number of hydrogen-bond donors (Lipinski definition) is 2. The molecular weight excluding hydrogens is 240 g/mol. The van der Waals surface area contributed by atoms with Gasteiger partial charge in [0.25, 0.3) is 0 Å². The van der Waals surface area contributed by atoms with Gasteiger partial charge in [-0.25, -0.2) is 0 Å². The molecule has 0 aromatic heterocycles. The average Bonchev–Trinajstić information content (AvgIpc) is 2.56. The Balaban J connectivity index is 2.32. The summed E-state index contributed by atoms with van der Waals surface area (Å²) >= 11 is 3.06. The highest BCUT2D eigenvalue weighted by molar-refractivity contribution is 9.11. The number of aliphatic hydroxyl groups is 2. The Morgan fingerprint density at radius 1 is 1.54 bits per heavy atom. The Morgan fingerprint density at radius 3 is 3.00 bits per heavy atom. The van der Waals surface area contributed by atoms with Crippen LogP contribution in [0, 0.1) is 0 Å². The van der Waals surface area contributed by atoms with Crippen molar-refractivity contribution in [2.75, 3.05) is 6.61 Å². The van der Waals surface area contributed by atoms with Gasteiger partial charge in [0.05, 0.1) is 6.61 Å². The third kappa shape index (κ3) is 1.48. The number of rotatable bonds is 0. The fraction of sp³-hybridized carbons (Fsp3) is 0.625. The second-order valence-corrected chi connectivity index (χ2v) is 3.43. The van der Waals surface area contributed by atoms with E-state index in [0.29, 0.717) is 12.2 Å². The lowest BCUT2D eigenvalue weighted by Crippen LogP contribution is -2.45. The Bertz CT molecular complexity index is 271. The highest BCUT2D eigenvalue weighted by atomic mass is 79.9. The van der Waals surface area contributed by atoms with Gasteiger partial charge in [0, 0.05) is 10.6 Å². The minimum atomic E-state index is -1.02. The van der Waals surface area contributed by atoms with Crippen LogP contribution in [0.15, 0.2) is 16.3 Å². The molecule has 2 aliphatic rings. The summed E-state index contributed by atoms with van der Waals surface area (Å²) in [7, 11) is 0. The van der Waals surface area contributed by atoms with E-state index in [-0.39, 0.29) is 6.10 Å². The molecule has 0 aliphatic carbocycles. The smallest absolute Gasteiger partial charge is 0.187 e. The summed E-state index contributed by atoms with van der Waals surface area (Å²) < 4.78 is 10.4. The van der Waals surface area contributed by atoms with Gasteiger partial charge in [-0.2, -0.15) is 0 Å². The number of halogens is 1. The molecule has 0 unspecified atom stereocenters. The van der Waals surface area contributed by atoms with Crippen molar-refractivity contribution in [2.24, 2.45) is 0 Å². The van der Waals surface area contributed by atoms with Crippen LogP contribution in [0.25, 0.3) is 0 Å². The van der Waals surface area contributed by atoms with Crippen LogP contribution < -0.4 is 0 Å². The number of hydrogen-bond acceptors (Lipinski definition) is 4. The summed E-state index contributed by atoms with van der Waals surface area (Å²) in [6.07, 6.45) is -2.94. The third-order valence-corrected chi connectivity index (χ3v) is 2.43. The minimum Gasteiger partial charge on any atom is -0.385 e. The van der Waals surface area contributed by atoms with E-state index in [1.54, 1.807) is 0 Å². The molecule has 0 radical (unpaired) electrons. The van der Waals surface area contributed by atoms with Crippen molar-refractivity contribution >= 4 is 15.9 Å². The topological polar surface area (TPSA) is 58.9 Å². The summed E-state index contributed by atoms with van der Waals surface area (Å²) in [4.78, 5) is 1.50. The van der Waals surface area contributed by atoms with Gasteiger partial charge in [-0.3, -0.25) is 0 Å². The maximum atomic E-state index is 9.60. The van der Waals surface area contributed by atoms with Crippen molar-refractivity contribution < 1.29 is 19.7 Å². The molecule has 2 fully saturated rings. The highest BCUT2D eigenvalue weighted by Gasteiger charge is 2.46. The zero-order valence-corrected chi connectivity index (χ0v) is 8.27. The van der Waals surface area contributed by atoms with Gasteiger partial charge < -0.3 is 19.7 Å². The minimum absolute atomic E-state index is 0.280. The van der Waals surface area contributed by atoms with E-state index in [2.05, 4.69) is 21.7 Å². The average molecular weight is 249 g/mol. The lowest BCUT2D eigenvalue weighted by Gasteiger charge is -2.29. The molecular formula is C8H9BrO4. The SMILES string of the molecule is O[C@H]1[C@@H]2OC[C@@H](O2)C(=C=CBr)[C@@H]1O. The van der Waals surface area contributed by atoms with Gasteiger partial charge in [-0.1, -0.05) is 15.9 Å². The first kappa shape index (κ1) is 9.40. The molecule has 2 N–H and O–H groups in total. The van der Waals surface area contributed by atoms with E-state index in [4.69, 9.17) is 9.47 Å². The molecule has 2 heterocycles. The van der Waals surface area contributed by atoms with Crippen LogP contribution in [0.4, 0.5) is 0 Å². The lowest BCUT2D eigenvalue weighted by molar-refractivity contribution is -0.173. The van der Waals surface area contributed by atoms with E-state index in [0.717, 1.165) is 0 Å². The van der Waals surface area contributed by atoms with Gasteiger partial charge in [0.15, 0.2) is 6.29 Å². The fourth-order valence-corrected chi connectivity index (χ4v) is 1.79. The van der Waals surface area contributed by atoms with E-state index >= 15 is 0 Å². The Hall–Kier alpha value is -0.160.